The standard InChI is InChI=1S/C18H22N2O2.ClH/c1-2-14-8-6-7-11-16(14)22-17(18(21)20-13-12-19)15-9-4-3-5-10-15;/h3-11,17H,2,12-13,19H2,1H3,(H,20,21);1H. The Kier molecular flexibility index (Phi) is 8.16. The second-order valence-corrected chi connectivity index (χ2v) is 4.95. The largest absolute Gasteiger partial charge is 0.476 e. The molecule has 1 unspecified atom stereocenters. The number of halogens is 1. The van der Waals surface area contributed by atoms with E-state index >= 15 is 0 Å². The Morgan fingerprint density at radius 1 is 1.13 bits per heavy atom. The normalized spacial score (nSPS) is 11.2. The van der Waals surface area contributed by atoms with Crippen LogP contribution in [0.25, 0.3) is 0 Å². The molecule has 5 heteroatoms. The molecule has 23 heavy (non-hydrogen) atoms. The van der Waals surface area contributed by atoms with E-state index in [1.54, 1.807) is 0 Å². The van der Waals surface area contributed by atoms with E-state index in [0.717, 1.165) is 23.3 Å². The van der Waals surface area contributed by atoms with E-state index in [-0.39, 0.29) is 18.3 Å². The zero-order valence-electron chi connectivity index (χ0n) is 13.2. The molecular weight excluding hydrogens is 312 g/mol. The average Bonchev–Trinajstić information content (AvgIpc) is 2.58. The molecule has 1 amide bonds. The third-order valence-corrected chi connectivity index (χ3v) is 3.38. The van der Waals surface area contributed by atoms with Gasteiger partial charge in [0.2, 0.25) is 6.10 Å². The SMILES string of the molecule is CCc1ccccc1OC(C(=O)NCCN)c1ccccc1.Cl. The molecule has 3 N–H and O–H groups in total. The van der Waals surface area contributed by atoms with Crippen LogP contribution in [0.5, 0.6) is 5.75 Å². The van der Waals surface area contributed by atoms with Crippen molar-refractivity contribution in [2.75, 3.05) is 13.1 Å². The zero-order valence-corrected chi connectivity index (χ0v) is 14.0. The fourth-order valence-electron chi connectivity index (χ4n) is 2.23. The Labute approximate surface area is 143 Å². The monoisotopic (exact) mass is 334 g/mol. The average molecular weight is 335 g/mol. The number of para-hydroxylation sites is 1. The van der Waals surface area contributed by atoms with Crippen LogP contribution in [0.15, 0.2) is 54.6 Å². The van der Waals surface area contributed by atoms with Gasteiger partial charge in [-0.2, -0.15) is 0 Å². The molecular formula is C18H23ClN2O2. The number of nitrogens with two attached hydrogens (primary N) is 1. The first-order valence-electron chi connectivity index (χ1n) is 7.53. The molecule has 2 rings (SSSR count). The van der Waals surface area contributed by atoms with Crippen LogP contribution < -0.4 is 15.8 Å². The molecule has 2 aromatic rings. The molecule has 0 aliphatic carbocycles. The first-order chi connectivity index (χ1) is 10.8. The Morgan fingerprint density at radius 3 is 2.43 bits per heavy atom. The summed E-state index contributed by atoms with van der Waals surface area (Å²) in [5, 5.41) is 2.80. The van der Waals surface area contributed by atoms with E-state index in [1.807, 2.05) is 54.6 Å². The third-order valence-electron chi connectivity index (χ3n) is 3.38. The van der Waals surface area contributed by atoms with Crippen molar-refractivity contribution < 1.29 is 9.53 Å². The van der Waals surface area contributed by atoms with Crippen molar-refractivity contribution in [3.8, 4) is 5.75 Å². The molecule has 0 heterocycles. The van der Waals surface area contributed by atoms with E-state index in [9.17, 15) is 4.79 Å². The van der Waals surface area contributed by atoms with Gasteiger partial charge in [0.25, 0.3) is 5.91 Å². The molecule has 2 aromatic carbocycles. The number of carbonyl (C=O) groups excluding carboxylic acids is 1. The maximum Gasteiger partial charge on any atom is 0.265 e. The van der Waals surface area contributed by atoms with Crippen LogP contribution >= 0.6 is 12.4 Å². The molecule has 0 aliphatic rings. The van der Waals surface area contributed by atoms with Gasteiger partial charge < -0.3 is 15.8 Å². The summed E-state index contributed by atoms with van der Waals surface area (Å²) in [7, 11) is 0. The Balaban J connectivity index is 0.00000264. The van der Waals surface area contributed by atoms with Crippen molar-refractivity contribution >= 4 is 18.3 Å². The van der Waals surface area contributed by atoms with Gasteiger partial charge in [0.15, 0.2) is 0 Å². The molecule has 0 aromatic heterocycles. The van der Waals surface area contributed by atoms with Gasteiger partial charge in [0.1, 0.15) is 5.75 Å². The molecule has 0 spiro atoms. The molecule has 0 saturated heterocycles. The van der Waals surface area contributed by atoms with Crippen LogP contribution in [-0.4, -0.2) is 19.0 Å². The number of benzene rings is 2. The molecule has 0 radical (unpaired) electrons. The third kappa shape index (κ3) is 5.27. The van der Waals surface area contributed by atoms with E-state index in [2.05, 4.69) is 12.2 Å². The molecule has 1 atom stereocenters. The van der Waals surface area contributed by atoms with E-state index in [0.29, 0.717) is 13.1 Å². The maximum absolute atomic E-state index is 12.4. The number of aryl methyl sites for hydroxylation is 1. The minimum Gasteiger partial charge on any atom is -0.476 e. The quantitative estimate of drug-likeness (QED) is 0.818. The topological polar surface area (TPSA) is 64.3 Å². The van der Waals surface area contributed by atoms with Gasteiger partial charge in [-0.25, -0.2) is 0 Å². The molecule has 0 saturated carbocycles. The number of hydrogen-bond acceptors (Lipinski definition) is 3. The van der Waals surface area contributed by atoms with E-state index < -0.39 is 6.10 Å². The lowest BCUT2D eigenvalue weighted by atomic mass is 10.1. The van der Waals surface area contributed by atoms with Gasteiger partial charge in [-0.15, -0.1) is 12.4 Å². The van der Waals surface area contributed by atoms with Crippen LogP contribution in [-0.2, 0) is 11.2 Å². The highest BCUT2D eigenvalue weighted by molar-refractivity contribution is 5.85. The number of nitrogens with one attached hydrogen (secondary N) is 1. The first-order valence-corrected chi connectivity index (χ1v) is 7.53. The van der Waals surface area contributed by atoms with Crippen molar-refractivity contribution in [2.24, 2.45) is 5.73 Å². The minimum absolute atomic E-state index is 0. The zero-order chi connectivity index (χ0) is 15.8. The summed E-state index contributed by atoms with van der Waals surface area (Å²) in [6.07, 6.45) is 0.169. The highest BCUT2D eigenvalue weighted by atomic mass is 35.5. The summed E-state index contributed by atoms with van der Waals surface area (Å²) in [6, 6.07) is 17.3. The first kappa shape index (κ1) is 19.0. The highest BCUT2D eigenvalue weighted by Crippen LogP contribution is 2.26. The summed E-state index contributed by atoms with van der Waals surface area (Å²) in [4.78, 5) is 12.4. The van der Waals surface area contributed by atoms with Crippen LogP contribution in [0.3, 0.4) is 0 Å². The highest BCUT2D eigenvalue weighted by Gasteiger charge is 2.22. The summed E-state index contributed by atoms with van der Waals surface area (Å²) >= 11 is 0. The van der Waals surface area contributed by atoms with Gasteiger partial charge in [-0.05, 0) is 18.1 Å². The van der Waals surface area contributed by atoms with Crippen LogP contribution in [0, 0.1) is 0 Å². The predicted octanol–water partition coefficient (Wildman–Crippen LogP) is 2.87. The van der Waals surface area contributed by atoms with Crippen molar-refractivity contribution in [3.05, 3.63) is 65.7 Å². The smallest absolute Gasteiger partial charge is 0.265 e. The van der Waals surface area contributed by atoms with Gasteiger partial charge >= 0.3 is 0 Å². The van der Waals surface area contributed by atoms with Crippen molar-refractivity contribution in [1.29, 1.82) is 0 Å². The molecule has 124 valence electrons. The summed E-state index contributed by atoms with van der Waals surface area (Å²) < 4.78 is 6.03. The second-order valence-electron chi connectivity index (χ2n) is 4.95. The maximum atomic E-state index is 12.4. The van der Waals surface area contributed by atoms with Crippen LogP contribution in [0.1, 0.15) is 24.2 Å². The fraction of sp³-hybridized carbons (Fsp3) is 0.278. The lowest BCUT2D eigenvalue weighted by molar-refractivity contribution is -0.128. The van der Waals surface area contributed by atoms with Gasteiger partial charge in [-0.1, -0.05) is 55.5 Å². The van der Waals surface area contributed by atoms with Crippen molar-refractivity contribution in [2.45, 2.75) is 19.4 Å². The van der Waals surface area contributed by atoms with Gasteiger partial charge in [0, 0.05) is 18.7 Å². The molecule has 0 fully saturated rings. The molecule has 0 bridgehead atoms. The number of rotatable bonds is 7. The fourth-order valence-corrected chi connectivity index (χ4v) is 2.23. The van der Waals surface area contributed by atoms with Gasteiger partial charge in [-0.3, -0.25) is 4.79 Å². The van der Waals surface area contributed by atoms with Crippen LogP contribution in [0.4, 0.5) is 0 Å². The van der Waals surface area contributed by atoms with E-state index in [1.165, 1.54) is 0 Å². The number of carbonyl (C=O) groups is 1. The van der Waals surface area contributed by atoms with E-state index in [4.69, 9.17) is 10.5 Å². The Hall–Kier alpha value is -2.04. The summed E-state index contributed by atoms with van der Waals surface area (Å²) in [5.74, 6) is 0.560. The minimum atomic E-state index is -0.680. The predicted molar refractivity (Wildman–Crippen MR) is 94.9 cm³/mol. The number of ether oxygens (including phenoxy) is 1. The summed E-state index contributed by atoms with van der Waals surface area (Å²) in [6.45, 7) is 2.90. The van der Waals surface area contributed by atoms with Gasteiger partial charge in [0.05, 0.1) is 0 Å². The lowest BCUT2D eigenvalue weighted by Gasteiger charge is -2.20. The van der Waals surface area contributed by atoms with Crippen molar-refractivity contribution in [3.63, 3.8) is 0 Å². The Bertz CT molecular complexity index is 605. The second kappa shape index (κ2) is 9.87. The molecule has 4 nitrogen and oxygen atoms in total. The number of amides is 1. The lowest BCUT2D eigenvalue weighted by Crippen LogP contribution is -2.35. The molecule has 0 aliphatic heterocycles. The summed E-state index contributed by atoms with van der Waals surface area (Å²) in [5.41, 5.74) is 7.36. The number of hydrogen-bond donors (Lipinski definition) is 2. The van der Waals surface area contributed by atoms with Crippen LogP contribution in [0.2, 0.25) is 0 Å². The van der Waals surface area contributed by atoms with Crippen molar-refractivity contribution in [1.82, 2.24) is 5.32 Å². The Morgan fingerprint density at radius 2 is 1.78 bits per heavy atom.